The number of anilines is 3. The number of rotatable bonds is 18. The molecular weight excluding hydrogens is 1310 g/mol. The lowest BCUT2D eigenvalue weighted by Crippen LogP contribution is -2.24. The summed E-state index contributed by atoms with van der Waals surface area (Å²) in [6, 6.07) is 53.9. The Kier molecular flexibility index (Phi) is 28.6. The number of carbonyl (C=O) groups is 3. The SMILES string of the molecule is CCCNC(=O)c1cc(/C=C/c2cc(C)c(O)c(C)c2)cc(N(C)C)c1.Cc1cc(/C=C/c2cc(C(=O)Oc3ccc(F)cc3)cc(N(C)C)c2)cc(C)c1O.Cc1cc(/C=C/c2cc(C(=O)Sc3ccc(F)cc3)cc(N(C)C)c2)cc(C)c1O.Cc1cc(/C=C/c2ccccc2)cc(C)c1O. The molecule has 0 spiro atoms. The normalized spacial score (nSPS) is 11.0. The van der Waals surface area contributed by atoms with Gasteiger partial charge in [0.15, 0.2) is 0 Å². The lowest BCUT2D eigenvalue weighted by atomic mass is 10.0. The van der Waals surface area contributed by atoms with Crippen LogP contribution in [0.2, 0.25) is 0 Å². The molecule has 12 nitrogen and oxygen atoms in total. The predicted octanol–water partition coefficient (Wildman–Crippen LogP) is 20.5. The first-order chi connectivity index (χ1) is 48.9. The molecule has 10 aromatic carbocycles. The summed E-state index contributed by atoms with van der Waals surface area (Å²) in [4.78, 5) is 44.4. The lowest BCUT2D eigenvalue weighted by molar-refractivity contribution is 0.0734. The Morgan fingerprint density at radius 1 is 0.388 bits per heavy atom. The standard InChI is InChI=1S/C25H24FNO3.C25H24FNO2S.C22H28N2O2.C16H16O/c2*1-16-11-18(12-17(2)24(16)28)5-6-19-13-20(15-22(14-19)27(3)4)25(29)30-23-9-7-21(26)8-10-23;1-6-9-23-22(26)19-12-18(13-20(14-19)24(4)5)8-7-17-10-15(2)21(25)16(3)11-17;1-12-10-15(11-13(2)16(12)17)9-8-14-6-4-3-5-7-14/h2*5-15,28H,1-4H3;7-8,10-14,25H,6,9H2,1-5H3,(H,23,26);3-11,17H,1-2H3/b2*6-5+;8-7+;9-8+. The lowest BCUT2D eigenvalue weighted by Gasteiger charge is -2.15. The van der Waals surface area contributed by atoms with Gasteiger partial charge in [0.2, 0.25) is 5.12 Å². The van der Waals surface area contributed by atoms with E-state index < -0.39 is 11.8 Å². The van der Waals surface area contributed by atoms with Gasteiger partial charge in [-0.05, 0) is 314 Å². The van der Waals surface area contributed by atoms with Crippen LogP contribution >= 0.6 is 11.8 Å². The second-order valence-electron chi connectivity index (χ2n) is 25.8. The molecule has 0 fully saturated rings. The third-order valence-electron chi connectivity index (χ3n) is 16.4. The highest BCUT2D eigenvalue weighted by atomic mass is 32.2. The number of ether oxygens (including phenoxy) is 1. The molecule has 532 valence electrons. The maximum atomic E-state index is 13.1. The van der Waals surface area contributed by atoms with Crippen LogP contribution in [0.4, 0.5) is 25.8 Å². The minimum absolute atomic E-state index is 0.0541. The fourth-order valence-corrected chi connectivity index (χ4v) is 11.4. The first kappa shape index (κ1) is 78.9. The van der Waals surface area contributed by atoms with Gasteiger partial charge in [-0.2, -0.15) is 0 Å². The van der Waals surface area contributed by atoms with Crippen LogP contribution in [0.5, 0.6) is 28.7 Å². The van der Waals surface area contributed by atoms with Gasteiger partial charge in [0.1, 0.15) is 40.4 Å². The van der Waals surface area contributed by atoms with Crippen molar-refractivity contribution in [2.24, 2.45) is 0 Å². The molecule has 15 heteroatoms. The second kappa shape index (κ2) is 37.3. The zero-order chi connectivity index (χ0) is 75.2. The van der Waals surface area contributed by atoms with Crippen LogP contribution in [0.3, 0.4) is 0 Å². The van der Waals surface area contributed by atoms with Crippen molar-refractivity contribution in [1.29, 1.82) is 0 Å². The average molecular weight is 1400 g/mol. The van der Waals surface area contributed by atoms with E-state index in [-0.39, 0.29) is 22.6 Å². The highest BCUT2D eigenvalue weighted by molar-refractivity contribution is 8.14. The number of phenolic OH excluding ortho intramolecular Hbond substituents is 4. The van der Waals surface area contributed by atoms with Crippen LogP contribution in [0.25, 0.3) is 48.6 Å². The third kappa shape index (κ3) is 23.9. The van der Waals surface area contributed by atoms with Crippen LogP contribution in [0, 0.1) is 67.0 Å². The molecule has 0 bridgehead atoms. The van der Waals surface area contributed by atoms with E-state index >= 15 is 0 Å². The number of hydrogen-bond donors (Lipinski definition) is 5. The van der Waals surface area contributed by atoms with E-state index in [1.54, 1.807) is 24.3 Å². The number of halogens is 2. The van der Waals surface area contributed by atoms with Gasteiger partial charge in [-0.15, -0.1) is 0 Å². The minimum Gasteiger partial charge on any atom is -0.507 e. The fraction of sp³-hybridized carbons (Fsp3) is 0.193. The van der Waals surface area contributed by atoms with Crippen molar-refractivity contribution in [3.05, 3.63) is 299 Å². The summed E-state index contributed by atoms with van der Waals surface area (Å²) in [6.07, 6.45) is 16.8. The van der Waals surface area contributed by atoms with E-state index in [0.717, 1.165) is 119 Å². The molecule has 10 aromatic rings. The van der Waals surface area contributed by atoms with Crippen LogP contribution < -0.4 is 24.8 Å². The van der Waals surface area contributed by atoms with Crippen molar-refractivity contribution in [3.8, 4) is 28.7 Å². The van der Waals surface area contributed by atoms with Gasteiger partial charge in [-0.3, -0.25) is 9.59 Å². The van der Waals surface area contributed by atoms with Crippen molar-refractivity contribution in [2.75, 3.05) is 63.5 Å². The molecule has 103 heavy (non-hydrogen) atoms. The number of carbonyl (C=O) groups excluding carboxylic acids is 3. The number of benzene rings is 10. The number of aromatic hydroxyl groups is 4. The van der Waals surface area contributed by atoms with Crippen molar-refractivity contribution in [1.82, 2.24) is 5.32 Å². The van der Waals surface area contributed by atoms with Gasteiger partial charge in [0, 0.05) is 81.9 Å². The number of amides is 1. The number of esters is 1. The fourth-order valence-electron chi connectivity index (χ4n) is 10.7. The van der Waals surface area contributed by atoms with Gasteiger partial charge in [0.25, 0.3) is 5.91 Å². The van der Waals surface area contributed by atoms with Crippen LogP contribution in [-0.4, -0.2) is 86.2 Å². The number of thioether (sulfide) groups is 1. The van der Waals surface area contributed by atoms with E-state index in [4.69, 9.17) is 4.74 Å². The Morgan fingerprint density at radius 2 is 0.689 bits per heavy atom. The van der Waals surface area contributed by atoms with E-state index in [0.29, 0.717) is 51.1 Å². The van der Waals surface area contributed by atoms with Gasteiger partial charge in [-0.25, -0.2) is 13.6 Å². The molecule has 0 unspecified atom stereocenters. The molecule has 0 aliphatic rings. The monoisotopic (exact) mass is 1400 g/mol. The summed E-state index contributed by atoms with van der Waals surface area (Å²) in [7, 11) is 11.6. The first-order valence-corrected chi connectivity index (χ1v) is 34.4. The molecule has 1 amide bonds. The van der Waals surface area contributed by atoms with Gasteiger partial charge >= 0.3 is 5.97 Å². The van der Waals surface area contributed by atoms with E-state index in [2.05, 4.69) is 29.6 Å². The molecular formula is C88H92F2N4O8S. The summed E-state index contributed by atoms with van der Waals surface area (Å²) < 4.78 is 31.6. The highest BCUT2D eigenvalue weighted by Crippen LogP contribution is 2.32. The predicted molar refractivity (Wildman–Crippen MR) is 425 cm³/mol. The number of hydrogen-bond acceptors (Lipinski definition) is 12. The van der Waals surface area contributed by atoms with Crippen LogP contribution in [0.1, 0.15) is 133 Å². The van der Waals surface area contributed by atoms with Crippen molar-refractivity contribution < 1.29 is 48.3 Å². The van der Waals surface area contributed by atoms with Gasteiger partial charge in [-0.1, -0.05) is 85.9 Å². The topological polar surface area (TPSA) is 163 Å². The average Bonchev–Trinajstić information content (AvgIpc) is 0.845. The zero-order valence-electron chi connectivity index (χ0n) is 61.3. The summed E-state index contributed by atoms with van der Waals surface area (Å²) >= 11 is 1.08. The summed E-state index contributed by atoms with van der Waals surface area (Å²) in [5.74, 6) is 0.334. The maximum absolute atomic E-state index is 13.1. The molecule has 10 rings (SSSR count). The van der Waals surface area contributed by atoms with E-state index in [9.17, 15) is 43.6 Å². The Bertz CT molecular complexity index is 4480. The highest BCUT2D eigenvalue weighted by Gasteiger charge is 2.16. The van der Waals surface area contributed by atoms with Crippen LogP contribution in [0.15, 0.2) is 187 Å². The van der Waals surface area contributed by atoms with E-state index in [1.165, 1.54) is 42.0 Å². The molecule has 5 N–H and O–H groups in total. The third-order valence-corrected chi connectivity index (χ3v) is 17.3. The van der Waals surface area contributed by atoms with Crippen molar-refractivity contribution >= 4 is 94.4 Å². The Hall–Kier alpha value is -11.4. The second-order valence-corrected chi connectivity index (χ2v) is 26.9. The first-order valence-electron chi connectivity index (χ1n) is 33.6. The zero-order valence-corrected chi connectivity index (χ0v) is 62.1. The van der Waals surface area contributed by atoms with Crippen molar-refractivity contribution in [2.45, 2.75) is 73.6 Å². The largest absolute Gasteiger partial charge is 0.507 e. The molecule has 0 aliphatic carbocycles. The summed E-state index contributed by atoms with van der Waals surface area (Å²) in [6.45, 7) is 17.8. The number of aryl methyl sites for hydroxylation is 8. The number of nitrogens with one attached hydrogen (secondary N) is 1. The molecule has 0 aromatic heterocycles. The van der Waals surface area contributed by atoms with Gasteiger partial charge in [0.05, 0.1) is 5.56 Å². The van der Waals surface area contributed by atoms with Crippen molar-refractivity contribution in [3.63, 3.8) is 0 Å². The smallest absolute Gasteiger partial charge is 0.343 e. The number of phenols is 4. The Balaban J connectivity index is 0.000000196. The molecule has 0 heterocycles. The molecule has 0 aliphatic heterocycles. The molecule has 0 radical (unpaired) electrons. The Labute approximate surface area is 609 Å². The minimum atomic E-state index is -0.517. The Morgan fingerprint density at radius 3 is 1.04 bits per heavy atom. The summed E-state index contributed by atoms with van der Waals surface area (Å²) in [5.41, 5.74) is 19.1. The maximum Gasteiger partial charge on any atom is 0.343 e. The molecule has 0 saturated carbocycles. The van der Waals surface area contributed by atoms with E-state index in [1.807, 2.05) is 265 Å². The van der Waals surface area contributed by atoms with Gasteiger partial charge < -0.3 is 45.2 Å². The number of nitrogens with zero attached hydrogens (tertiary/aromatic N) is 3. The molecule has 0 saturated heterocycles. The van der Waals surface area contributed by atoms with Crippen LogP contribution in [-0.2, 0) is 0 Å². The summed E-state index contributed by atoms with van der Waals surface area (Å²) in [5, 5.41) is 42.3. The quantitative estimate of drug-likeness (QED) is 0.0240. The molecule has 0 atom stereocenters.